The Morgan fingerprint density at radius 2 is 1.67 bits per heavy atom. The number of rotatable bonds is 2. The Labute approximate surface area is 47.2 Å². The van der Waals surface area contributed by atoms with Crippen LogP contribution < -0.4 is 0 Å². The quantitative estimate of drug-likeness (QED) is 0.280. The molecule has 0 aliphatic heterocycles. The van der Waals surface area contributed by atoms with Crippen LogP contribution in [0.15, 0.2) is 0 Å². The van der Waals surface area contributed by atoms with E-state index >= 15 is 0 Å². The van der Waals surface area contributed by atoms with Crippen LogP contribution in [-0.4, -0.2) is 21.3 Å². The van der Waals surface area contributed by atoms with E-state index in [0.29, 0.717) is 0 Å². The van der Waals surface area contributed by atoms with Gasteiger partial charge in [-0.25, -0.2) is 0 Å². The van der Waals surface area contributed by atoms with E-state index in [1.165, 1.54) is 0 Å². The summed E-state index contributed by atoms with van der Waals surface area (Å²) in [5.74, 6) is 0. The molecule has 0 aliphatic carbocycles. The molecule has 0 atom stereocenters. The maximum atomic E-state index is 4.59. The van der Waals surface area contributed by atoms with Crippen LogP contribution in [0, 0.1) is 0 Å². The Balaban J connectivity index is 2.75. The van der Waals surface area contributed by atoms with E-state index in [1.807, 2.05) is 0 Å². The zero-order valence-corrected chi connectivity index (χ0v) is 5.36. The lowest BCUT2D eigenvalue weighted by atomic mass is 10.6. The topological polar surface area (TPSA) is 18.5 Å². The molecule has 0 unspecified atom stereocenters. The predicted octanol–water partition coefficient (Wildman–Crippen LogP) is -1.21. The van der Waals surface area contributed by atoms with Crippen molar-refractivity contribution in [2.45, 2.75) is 5.20 Å². The van der Waals surface area contributed by atoms with Crippen molar-refractivity contribution >= 4 is 32.0 Å². The summed E-state index contributed by atoms with van der Waals surface area (Å²) in [6.45, 7) is 0. The molecular formula is CH5B2BrO2. The summed E-state index contributed by atoms with van der Waals surface area (Å²) < 4.78 is 9.19. The van der Waals surface area contributed by atoms with Crippen LogP contribution in [0.25, 0.3) is 0 Å². The van der Waals surface area contributed by atoms with Gasteiger partial charge in [-0.2, -0.15) is 0 Å². The van der Waals surface area contributed by atoms with Gasteiger partial charge in [0.2, 0.25) is 0 Å². The van der Waals surface area contributed by atoms with Crippen LogP contribution in [0.5, 0.6) is 0 Å². The molecule has 0 spiro atoms. The first-order chi connectivity index (χ1) is 2.81. The third kappa shape index (κ3) is 2.75. The number of hydrogen-bond acceptors (Lipinski definition) is 2. The van der Waals surface area contributed by atoms with E-state index in [2.05, 4.69) is 25.2 Å². The van der Waals surface area contributed by atoms with E-state index in [1.54, 1.807) is 16.1 Å². The minimum atomic E-state index is -0.252. The van der Waals surface area contributed by atoms with Crippen molar-refractivity contribution in [3.8, 4) is 0 Å². The Kier molecular flexibility index (Phi) is 4.04. The van der Waals surface area contributed by atoms with Crippen molar-refractivity contribution in [1.82, 2.24) is 0 Å². The van der Waals surface area contributed by atoms with E-state index in [9.17, 15) is 0 Å². The van der Waals surface area contributed by atoms with Crippen molar-refractivity contribution in [3.63, 3.8) is 0 Å². The molecule has 0 saturated heterocycles. The highest BCUT2D eigenvalue weighted by Gasteiger charge is 1.89. The summed E-state index contributed by atoms with van der Waals surface area (Å²) in [5.41, 5.74) is 0. The van der Waals surface area contributed by atoms with Crippen molar-refractivity contribution in [2.75, 3.05) is 0 Å². The zero-order chi connectivity index (χ0) is 4.99. The molecule has 0 aromatic heterocycles. The molecule has 0 aliphatic rings. The van der Waals surface area contributed by atoms with Gasteiger partial charge in [-0.15, -0.1) is 0 Å². The molecule has 0 aromatic carbocycles. The van der Waals surface area contributed by atoms with E-state index in [0.717, 1.165) is 0 Å². The molecule has 0 heterocycles. The van der Waals surface area contributed by atoms with Crippen molar-refractivity contribution in [3.05, 3.63) is 0 Å². The van der Waals surface area contributed by atoms with Gasteiger partial charge in [0.05, 0.1) is 0 Å². The van der Waals surface area contributed by atoms with Crippen LogP contribution in [0.3, 0.4) is 0 Å². The first-order valence-corrected chi connectivity index (χ1v) is 2.42. The number of hydrogen-bond donors (Lipinski definition) is 0. The molecule has 0 bridgehead atoms. The molecule has 34 valence electrons. The molecule has 0 fully saturated rings. The molecule has 0 rings (SSSR count). The fourth-order valence-corrected chi connectivity index (χ4v) is 0.0962. The standard InChI is InChI=1S/CH5B2BrO2/c2-5-1(4)6-3/h1H,2-3H2. The molecule has 0 saturated carbocycles. The smallest absolute Gasteiger partial charge is 0.261 e. The lowest BCUT2D eigenvalue weighted by molar-refractivity contribution is 0.111. The molecule has 2 nitrogen and oxygen atoms in total. The van der Waals surface area contributed by atoms with Gasteiger partial charge in [0.15, 0.2) is 5.20 Å². The maximum absolute atomic E-state index is 4.59. The van der Waals surface area contributed by atoms with Gasteiger partial charge in [0, 0.05) is 0 Å². The lowest BCUT2D eigenvalue weighted by Crippen LogP contribution is -2.03. The normalized spacial score (nSPS) is 9.67. The average Bonchev–Trinajstić information content (AvgIpc) is 1.65. The third-order valence-corrected chi connectivity index (χ3v) is 1.12. The summed E-state index contributed by atoms with van der Waals surface area (Å²) >= 11 is 3.03. The van der Waals surface area contributed by atoms with Crippen LogP contribution >= 0.6 is 15.9 Å². The van der Waals surface area contributed by atoms with Crippen LogP contribution in [0.4, 0.5) is 0 Å². The second kappa shape index (κ2) is 3.71. The Morgan fingerprint density at radius 3 is 1.67 bits per heavy atom. The maximum Gasteiger partial charge on any atom is 0.261 e. The van der Waals surface area contributed by atoms with Gasteiger partial charge in [-0.05, 0) is 15.9 Å². The average molecular weight is 151 g/mol. The molecule has 5 heteroatoms. The first-order valence-electron chi connectivity index (χ1n) is 1.51. The van der Waals surface area contributed by atoms with Gasteiger partial charge in [0.25, 0.3) is 16.1 Å². The second-order valence-electron chi connectivity index (χ2n) is 0.746. The summed E-state index contributed by atoms with van der Waals surface area (Å²) in [6, 6.07) is 0. The van der Waals surface area contributed by atoms with Crippen molar-refractivity contribution in [2.24, 2.45) is 0 Å². The zero-order valence-electron chi connectivity index (χ0n) is 3.77. The minimum Gasteiger partial charge on any atom is -0.413 e. The molecule has 0 aromatic rings. The fourth-order valence-electron chi connectivity index (χ4n) is 0.0962. The van der Waals surface area contributed by atoms with E-state index < -0.39 is 0 Å². The number of halogens is 1. The van der Waals surface area contributed by atoms with Crippen LogP contribution in [-0.2, 0) is 9.31 Å². The van der Waals surface area contributed by atoms with Gasteiger partial charge in [0.1, 0.15) is 0 Å². The summed E-state index contributed by atoms with van der Waals surface area (Å²) in [7, 11) is 3.12. The van der Waals surface area contributed by atoms with Gasteiger partial charge < -0.3 is 9.31 Å². The first kappa shape index (κ1) is 6.53. The van der Waals surface area contributed by atoms with Crippen molar-refractivity contribution < 1.29 is 9.31 Å². The molecule has 0 N–H and O–H groups in total. The monoisotopic (exact) mass is 150 g/mol. The van der Waals surface area contributed by atoms with Gasteiger partial charge in [-0.1, -0.05) is 0 Å². The molecular weight excluding hydrogens is 146 g/mol. The molecule has 0 amide bonds. The lowest BCUT2D eigenvalue weighted by Gasteiger charge is -2.02. The molecule has 0 radical (unpaired) electrons. The number of alkyl halides is 1. The summed E-state index contributed by atoms with van der Waals surface area (Å²) in [4.78, 5) is 0. The second-order valence-corrected chi connectivity index (χ2v) is 1.49. The predicted molar refractivity (Wildman–Crippen MR) is 32.0 cm³/mol. The van der Waals surface area contributed by atoms with Crippen molar-refractivity contribution in [1.29, 1.82) is 0 Å². The highest BCUT2D eigenvalue weighted by atomic mass is 79.9. The Bertz CT molecular complexity index is 30.7. The Morgan fingerprint density at radius 1 is 1.33 bits per heavy atom. The minimum absolute atomic E-state index is 0.252. The summed E-state index contributed by atoms with van der Waals surface area (Å²) in [6.07, 6.45) is 0. The van der Waals surface area contributed by atoms with E-state index in [4.69, 9.17) is 0 Å². The highest BCUT2D eigenvalue weighted by Crippen LogP contribution is 1.96. The highest BCUT2D eigenvalue weighted by molar-refractivity contribution is 9.09. The SMILES string of the molecule is BOC(Br)OB. The third-order valence-electron chi connectivity index (χ3n) is 0.371. The summed E-state index contributed by atoms with van der Waals surface area (Å²) in [5, 5.41) is -0.252. The fraction of sp³-hybridized carbons (Fsp3) is 1.00. The van der Waals surface area contributed by atoms with Crippen LogP contribution in [0.1, 0.15) is 0 Å². The Hall–Kier alpha value is 0.530. The van der Waals surface area contributed by atoms with E-state index in [-0.39, 0.29) is 5.20 Å². The molecule has 6 heavy (non-hydrogen) atoms. The van der Waals surface area contributed by atoms with Gasteiger partial charge >= 0.3 is 0 Å². The largest absolute Gasteiger partial charge is 0.413 e. The van der Waals surface area contributed by atoms with Gasteiger partial charge in [-0.3, -0.25) is 0 Å². The van der Waals surface area contributed by atoms with Crippen LogP contribution in [0.2, 0.25) is 0 Å².